The largest absolute Gasteiger partial charge is 0.493 e. The number of carbonyl (C=O) groups is 2. The number of rotatable bonds is 6. The molecule has 0 radical (unpaired) electrons. The second kappa shape index (κ2) is 8.88. The van der Waals surface area contributed by atoms with Crippen LogP contribution >= 0.6 is 0 Å². The van der Waals surface area contributed by atoms with Crippen LogP contribution in [0.2, 0.25) is 0 Å². The van der Waals surface area contributed by atoms with Crippen LogP contribution in [0.25, 0.3) is 0 Å². The molecule has 29 heavy (non-hydrogen) atoms. The summed E-state index contributed by atoms with van der Waals surface area (Å²) in [7, 11) is 2.88. The highest BCUT2D eigenvalue weighted by Gasteiger charge is 2.10. The van der Waals surface area contributed by atoms with Crippen LogP contribution in [-0.4, -0.2) is 31.1 Å². The molecule has 0 unspecified atom stereocenters. The van der Waals surface area contributed by atoms with Crippen molar-refractivity contribution in [2.24, 2.45) is 0 Å². The van der Waals surface area contributed by atoms with Gasteiger partial charge in [0.1, 0.15) is 0 Å². The summed E-state index contributed by atoms with van der Waals surface area (Å²) in [5.41, 5.74) is 2.34. The monoisotopic (exact) mass is 392 g/mol. The van der Waals surface area contributed by atoms with Gasteiger partial charge in [0.2, 0.25) is 5.88 Å². The predicted octanol–water partition coefficient (Wildman–Crippen LogP) is 4.23. The van der Waals surface area contributed by atoms with Crippen molar-refractivity contribution in [3.05, 3.63) is 77.5 Å². The molecule has 0 aliphatic carbocycles. The molecule has 1 heterocycles. The molecule has 0 aliphatic heterocycles. The van der Waals surface area contributed by atoms with Gasteiger partial charge < -0.3 is 19.5 Å². The smallest absolute Gasteiger partial charge is 0.337 e. The van der Waals surface area contributed by atoms with Crippen LogP contribution < -0.4 is 14.8 Å². The SMILES string of the molecule is COC(=O)c1ccc(C(=O)Nc2ccc(Oc3ccc(C)cc3OC)nc2)cc1. The van der Waals surface area contributed by atoms with Crippen LogP contribution in [0.1, 0.15) is 26.3 Å². The van der Waals surface area contributed by atoms with Crippen LogP contribution in [0.5, 0.6) is 17.4 Å². The molecule has 1 N–H and O–H groups in total. The lowest BCUT2D eigenvalue weighted by Gasteiger charge is -2.11. The molecule has 0 saturated heterocycles. The number of hydrogen-bond donors (Lipinski definition) is 1. The number of aryl methyl sites for hydroxylation is 1. The number of nitrogens with zero attached hydrogens (tertiary/aromatic N) is 1. The van der Waals surface area contributed by atoms with Crippen molar-refractivity contribution in [1.82, 2.24) is 4.98 Å². The quantitative estimate of drug-likeness (QED) is 0.632. The fourth-order valence-corrected chi connectivity index (χ4v) is 2.57. The second-order valence-electron chi connectivity index (χ2n) is 6.16. The minimum Gasteiger partial charge on any atom is -0.493 e. The van der Waals surface area contributed by atoms with Gasteiger partial charge in [0.25, 0.3) is 5.91 Å². The Hall–Kier alpha value is -3.87. The zero-order valence-electron chi connectivity index (χ0n) is 16.3. The molecule has 1 amide bonds. The lowest BCUT2D eigenvalue weighted by atomic mass is 10.1. The average molecular weight is 392 g/mol. The van der Waals surface area contributed by atoms with E-state index in [-0.39, 0.29) is 5.91 Å². The van der Waals surface area contributed by atoms with E-state index < -0.39 is 5.97 Å². The summed E-state index contributed by atoms with van der Waals surface area (Å²) in [5.74, 6) is 0.749. The summed E-state index contributed by atoms with van der Waals surface area (Å²) in [4.78, 5) is 28.0. The number of amides is 1. The molecule has 2 aromatic carbocycles. The zero-order chi connectivity index (χ0) is 20.8. The fourth-order valence-electron chi connectivity index (χ4n) is 2.57. The maximum absolute atomic E-state index is 12.4. The Bertz CT molecular complexity index is 1010. The third kappa shape index (κ3) is 4.90. The van der Waals surface area contributed by atoms with Crippen LogP contribution in [0.15, 0.2) is 60.8 Å². The molecule has 0 spiro atoms. The molecule has 1 aromatic heterocycles. The Kier molecular flexibility index (Phi) is 6.09. The summed E-state index contributed by atoms with van der Waals surface area (Å²) >= 11 is 0. The molecule has 0 fully saturated rings. The van der Waals surface area contributed by atoms with Gasteiger partial charge in [0.15, 0.2) is 11.5 Å². The van der Waals surface area contributed by atoms with Gasteiger partial charge >= 0.3 is 5.97 Å². The number of esters is 1. The van der Waals surface area contributed by atoms with E-state index in [4.69, 9.17) is 9.47 Å². The number of methoxy groups -OCH3 is 2. The summed E-state index contributed by atoms with van der Waals surface area (Å²) in [6.07, 6.45) is 1.50. The van der Waals surface area contributed by atoms with Gasteiger partial charge in [-0.1, -0.05) is 6.07 Å². The van der Waals surface area contributed by atoms with E-state index in [2.05, 4.69) is 15.0 Å². The number of aromatic nitrogens is 1. The molecular formula is C22H20N2O5. The highest BCUT2D eigenvalue weighted by atomic mass is 16.5. The molecule has 0 saturated carbocycles. The van der Waals surface area contributed by atoms with Gasteiger partial charge in [0.05, 0.1) is 31.7 Å². The van der Waals surface area contributed by atoms with Crippen molar-refractivity contribution in [1.29, 1.82) is 0 Å². The first-order chi connectivity index (χ1) is 14.0. The lowest BCUT2D eigenvalue weighted by Crippen LogP contribution is -2.12. The van der Waals surface area contributed by atoms with Gasteiger partial charge in [-0.25, -0.2) is 9.78 Å². The van der Waals surface area contributed by atoms with E-state index in [0.717, 1.165) is 5.56 Å². The molecule has 3 aromatic rings. The van der Waals surface area contributed by atoms with Crippen molar-refractivity contribution in [2.45, 2.75) is 6.92 Å². The lowest BCUT2D eigenvalue weighted by molar-refractivity contribution is 0.0600. The Morgan fingerprint density at radius 3 is 2.24 bits per heavy atom. The number of hydrogen-bond acceptors (Lipinski definition) is 6. The van der Waals surface area contributed by atoms with Crippen molar-refractivity contribution in [3.63, 3.8) is 0 Å². The van der Waals surface area contributed by atoms with E-state index in [1.807, 2.05) is 25.1 Å². The number of pyridine rings is 1. The highest BCUT2D eigenvalue weighted by molar-refractivity contribution is 6.04. The highest BCUT2D eigenvalue weighted by Crippen LogP contribution is 2.31. The molecular weight excluding hydrogens is 372 g/mol. The van der Waals surface area contributed by atoms with Crippen molar-refractivity contribution < 1.29 is 23.8 Å². The van der Waals surface area contributed by atoms with Crippen molar-refractivity contribution >= 4 is 17.6 Å². The number of benzene rings is 2. The summed E-state index contributed by atoms with van der Waals surface area (Å²) in [5, 5.41) is 2.74. The van der Waals surface area contributed by atoms with Gasteiger partial charge in [-0.15, -0.1) is 0 Å². The standard InChI is InChI=1S/C22H20N2O5/c1-14-4-10-18(19(12-14)27-2)29-20-11-9-17(13-23-20)24-21(25)15-5-7-16(8-6-15)22(26)28-3/h4-13H,1-3H3,(H,24,25). The fraction of sp³-hybridized carbons (Fsp3) is 0.136. The molecule has 0 aliphatic rings. The van der Waals surface area contributed by atoms with Gasteiger partial charge in [-0.2, -0.15) is 0 Å². The normalized spacial score (nSPS) is 10.2. The molecule has 7 heteroatoms. The first-order valence-corrected chi connectivity index (χ1v) is 8.78. The number of carbonyl (C=O) groups excluding carboxylic acids is 2. The zero-order valence-corrected chi connectivity index (χ0v) is 16.3. The van der Waals surface area contributed by atoms with E-state index in [9.17, 15) is 9.59 Å². The number of anilines is 1. The summed E-state index contributed by atoms with van der Waals surface area (Å²) in [6.45, 7) is 1.96. The van der Waals surface area contributed by atoms with E-state index in [1.165, 1.54) is 25.4 Å². The Balaban J connectivity index is 1.66. The van der Waals surface area contributed by atoms with Crippen LogP contribution in [-0.2, 0) is 4.74 Å². The van der Waals surface area contributed by atoms with E-state index in [1.54, 1.807) is 31.4 Å². The second-order valence-corrected chi connectivity index (χ2v) is 6.16. The Labute approximate surface area is 168 Å². The van der Waals surface area contributed by atoms with Crippen LogP contribution in [0, 0.1) is 6.92 Å². The number of ether oxygens (including phenoxy) is 3. The maximum Gasteiger partial charge on any atom is 0.337 e. The van der Waals surface area contributed by atoms with E-state index >= 15 is 0 Å². The van der Waals surface area contributed by atoms with Gasteiger partial charge in [-0.05, 0) is 55.0 Å². The first kappa shape index (κ1) is 19.9. The summed E-state index contributed by atoms with van der Waals surface area (Å²) < 4.78 is 15.7. The first-order valence-electron chi connectivity index (χ1n) is 8.78. The summed E-state index contributed by atoms with van der Waals surface area (Å²) in [6, 6.07) is 15.1. The topological polar surface area (TPSA) is 86.8 Å². The third-order valence-electron chi connectivity index (χ3n) is 4.10. The van der Waals surface area contributed by atoms with Crippen molar-refractivity contribution in [3.8, 4) is 17.4 Å². The molecule has 3 rings (SSSR count). The molecule has 0 atom stereocenters. The predicted molar refractivity (Wildman–Crippen MR) is 108 cm³/mol. The van der Waals surface area contributed by atoms with Crippen LogP contribution in [0.3, 0.4) is 0 Å². The van der Waals surface area contributed by atoms with Crippen molar-refractivity contribution in [2.75, 3.05) is 19.5 Å². The minimum absolute atomic E-state index is 0.322. The average Bonchev–Trinajstić information content (AvgIpc) is 2.75. The van der Waals surface area contributed by atoms with Crippen LogP contribution in [0.4, 0.5) is 5.69 Å². The number of nitrogens with one attached hydrogen (secondary N) is 1. The minimum atomic E-state index is -0.457. The maximum atomic E-state index is 12.4. The Morgan fingerprint density at radius 1 is 0.897 bits per heavy atom. The molecule has 0 bridgehead atoms. The third-order valence-corrected chi connectivity index (χ3v) is 4.10. The molecule has 7 nitrogen and oxygen atoms in total. The Morgan fingerprint density at radius 2 is 1.62 bits per heavy atom. The van der Waals surface area contributed by atoms with Gasteiger partial charge in [0, 0.05) is 11.6 Å². The molecule has 148 valence electrons. The van der Waals surface area contributed by atoms with E-state index in [0.29, 0.717) is 34.2 Å². The van der Waals surface area contributed by atoms with Gasteiger partial charge in [-0.3, -0.25) is 4.79 Å².